The molecular weight excluding hydrogens is 360 g/mol. The third kappa shape index (κ3) is 4.17. The molecule has 3 aromatic rings. The van der Waals surface area contributed by atoms with Gasteiger partial charge in [0.25, 0.3) is 0 Å². The molecule has 0 aliphatic carbocycles. The van der Waals surface area contributed by atoms with Crippen molar-refractivity contribution in [2.24, 2.45) is 7.05 Å². The molecule has 0 radical (unpaired) electrons. The summed E-state index contributed by atoms with van der Waals surface area (Å²) in [7, 11) is 6.01. The normalized spacial score (nSPS) is 17.4. The average Bonchev–Trinajstić information content (AvgIpc) is 3.06. The van der Waals surface area contributed by atoms with Crippen LogP contribution in [0.1, 0.15) is 35.7 Å². The largest absolute Gasteiger partial charge is 0.347 e. The van der Waals surface area contributed by atoms with E-state index >= 15 is 0 Å². The van der Waals surface area contributed by atoms with Crippen LogP contribution in [0, 0.1) is 6.92 Å². The number of aryl methyl sites for hydroxylation is 1. The third-order valence-electron chi connectivity index (χ3n) is 5.91. The maximum atomic E-state index is 5.01. The summed E-state index contributed by atoms with van der Waals surface area (Å²) in [6, 6.07) is 10.5. The molecule has 1 aliphatic heterocycles. The Hall–Kier alpha value is -2.73. The molecular formula is C23H30N6. The molecule has 1 fully saturated rings. The van der Waals surface area contributed by atoms with E-state index in [-0.39, 0.29) is 0 Å². The minimum Gasteiger partial charge on any atom is -0.347 e. The van der Waals surface area contributed by atoms with Crippen LogP contribution < -0.4 is 4.90 Å². The van der Waals surface area contributed by atoms with Gasteiger partial charge in [0, 0.05) is 63.2 Å². The highest BCUT2D eigenvalue weighted by molar-refractivity contribution is 5.66. The van der Waals surface area contributed by atoms with Crippen molar-refractivity contribution < 1.29 is 0 Å². The zero-order valence-electron chi connectivity index (χ0n) is 17.8. The lowest BCUT2D eigenvalue weighted by atomic mass is 9.89. The van der Waals surface area contributed by atoms with Crippen LogP contribution in [-0.4, -0.2) is 51.8 Å². The number of aromatic nitrogens is 4. The first-order valence-corrected chi connectivity index (χ1v) is 10.3. The van der Waals surface area contributed by atoms with Crippen LogP contribution in [0.5, 0.6) is 0 Å². The van der Waals surface area contributed by atoms with E-state index in [1.165, 1.54) is 28.9 Å². The Labute approximate surface area is 173 Å². The number of hydrogen-bond donors (Lipinski definition) is 0. The van der Waals surface area contributed by atoms with Gasteiger partial charge in [0.2, 0.25) is 5.95 Å². The SMILES string of the molecule is Cc1c(CN2CCC[C@H](c3nc(N(C)C)ncc3-c3ccccc3)C2)cnn1C. The summed E-state index contributed by atoms with van der Waals surface area (Å²) < 4.78 is 1.96. The fourth-order valence-electron chi connectivity index (χ4n) is 4.11. The van der Waals surface area contributed by atoms with Crippen molar-refractivity contribution in [3.63, 3.8) is 0 Å². The van der Waals surface area contributed by atoms with Crippen molar-refractivity contribution in [1.29, 1.82) is 0 Å². The van der Waals surface area contributed by atoms with Crippen LogP contribution in [0.25, 0.3) is 11.1 Å². The lowest BCUT2D eigenvalue weighted by Crippen LogP contribution is -2.34. The molecule has 4 rings (SSSR count). The Morgan fingerprint density at radius 1 is 1.14 bits per heavy atom. The number of hydrogen-bond acceptors (Lipinski definition) is 5. The van der Waals surface area contributed by atoms with Gasteiger partial charge < -0.3 is 4.90 Å². The molecule has 3 heterocycles. The van der Waals surface area contributed by atoms with Gasteiger partial charge in [-0.25, -0.2) is 9.97 Å². The van der Waals surface area contributed by atoms with E-state index in [1.807, 2.05) is 43.1 Å². The minimum absolute atomic E-state index is 0.401. The molecule has 0 unspecified atom stereocenters. The molecule has 0 saturated carbocycles. The molecule has 0 N–H and O–H groups in total. The second-order valence-corrected chi connectivity index (χ2v) is 8.18. The van der Waals surface area contributed by atoms with Gasteiger partial charge >= 0.3 is 0 Å². The Bertz CT molecular complexity index is 963. The molecule has 29 heavy (non-hydrogen) atoms. The Morgan fingerprint density at radius 3 is 2.62 bits per heavy atom. The Balaban J connectivity index is 1.63. The van der Waals surface area contributed by atoms with E-state index in [2.05, 4.69) is 52.2 Å². The van der Waals surface area contributed by atoms with Crippen LogP contribution in [0.2, 0.25) is 0 Å². The minimum atomic E-state index is 0.401. The first-order valence-electron chi connectivity index (χ1n) is 10.3. The van der Waals surface area contributed by atoms with Crippen molar-refractivity contribution >= 4 is 5.95 Å². The molecule has 2 aromatic heterocycles. The van der Waals surface area contributed by atoms with Crippen LogP contribution >= 0.6 is 0 Å². The van der Waals surface area contributed by atoms with Crippen molar-refractivity contribution in [3.8, 4) is 11.1 Å². The fraction of sp³-hybridized carbons (Fsp3) is 0.435. The smallest absolute Gasteiger partial charge is 0.225 e. The van der Waals surface area contributed by atoms with E-state index in [0.29, 0.717) is 5.92 Å². The molecule has 1 aromatic carbocycles. The highest BCUT2D eigenvalue weighted by Crippen LogP contribution is 2.34. The number of likely N-dealkylation sites (tertiary alicyclic amines) is 1. The van der Waals surface area contributed by atoms with E-state index in [4.69, 9.17) is 4.98 Å². The fourth-order valence-corrected chi connectivity index (χ4v) is 4.11. The maximum Gasteiger partial charge on any atom is 0.225 e. The van der Waals surface area contributed by atoms with Crippen molar-refractivity contribution in [3.05, 3.63) is 59.7 Å². The molecule has 6 heteroatoms. The highest BCUT2D eigenvalue weighted by atomic mass is 15.3. The van der Waals surface area contributed by atoms with Crippen LogP contribution in [0.4, 0.5) is 5.95 Å². The van der Waals surface area contributed by atoms with Gasteiger partial charge in [-0.1, -0.05) is 30.3 Å². The maximum absolute atomic E-state index is 5.01. The summed E-state index contributed by atoms with van der Waals surface area (Å²) in [5.41, 5.74) is 6.07. The van der Waals surface area contributed by atoms with Crippen LogP contribution in [0.15, 0.2) is 42.7 Å². The van der Waals surface area contributed by atoms with Crippen molar-refractivity contribution in [2.45, 2.75) is 32.2 Å². The summed E-state index contributed by atoms with van der Waals surface area (Å²) in [4.78, 5) is 14.1. The number of anilines is 1. The number of piperidine rings is 1. The molecule has 152 valence electrons. The molecule has 1 atom stereocenters. The predicted octanol–water partition coefficient (Wildman–Crippen LogP) is 3.63. The third-order valence-corrected chi connectivity index (χ3v) is 5.91. The Kier molecular flexibility index (Phi) is 5.62. The van der Waals surface area contributed by atoms with Crippen molar-refractivity contribution in [2.75, 3.05) is 32.1 Å². The van der Waals surface area contributed by atoms with Crippen LogP contribution in [-0.2, 0) is 13.6 Å². The molecule has 1 aliphatic rings. The van der Waals surface area contributed by atoms with E-state index < -0.39 is 0 Å². The second kappa shape index (κ2) is 8.33. The lowest BCUT2D eigenvalue weighted by Gasteiger charge is -2.33. The zero-order valence-corrected chi connectivity index (χ0v) is 17.8. The predicted molar refractivity (Wildman–Crippen MR) is 117 cm³/mol. The summed E-state index contributed by atoms with van der Waals surface area (Å²) >= 11 is 0. The van der Waals surface area contributed by atoms with Crippen molar-refractivity contribution in [1.82, 2.24) is 24.6 Å². The van der Waals surface area contributed by atoms with Gasteiger partial charge in [-0.05, 0) is 31.9 Å². The Morgan fingerprint density at radius 2 is 1.93 bits per heavy atom. The quantitative estimate of drug-likeness (QED) is 0.666. The lowest BCUT2D eigenvalue weighted by molar-refractivity contribution is 0.198. The first kappa shape index (κ1) is 19.6. The second-order valence-electron chi connectivity index (χ2n) is 8.18. The molecule has 0 spiro atoms. The van der Waals surface area contributed by atoms with Gasteiger partial charge in [-0.2, -0.15) is 5.10 Å². The summed E-state index contributed by atoms with van der Waals surface area (Å²) in [6.07, 6.45) is 6.34. The summed E-state index contributed by atoms with van der Waals surface area (Å²) in [6.45, 7) is 5.22. The highest BCUT2D eigenvalue weighted by Gasteiger charge is 2.26. The monoisotopic (exact) mass is 390 g/mol. The van der Waals surface area contributed by atoms with Gasteiger partial charge in [0.05, 0.1) is 11.9 Å². The first-order chi connectivity index (χ1) is 14.0. The van der Waals surface area contributed by atoms with E-state index in [1.54, 1.807) is 0 Å². The number of nitrogens with zero attached hydrogens (tertiary/aromatic N) is 6. The zero-order chi connectivity index (χ0) is 20.4. The number of rotatable bonds is 5. The van der Waals surface area contributed by atoms with E-state index in [0.717, 1.165) is 37.6 Å². The average molecular weight is 391 g/mol. The summed E-state index contributed by atoms with van der Waals surface area (Å²) in [5, 5.41) is 4.41. The topological polar surface area (TPSA) is 50.1 Å². The van der Waals surface area contributed by atoms with E-state index in [9.17, 15) is 0 Å². The molecule has 0 amide bonds. The summed E-state index contributed by atoms with van der Waals surface area (Å²) in [5.74, 6) is 1.18. The molecule has 0 bridgehead atoms. The van der Waals surface area contributed by atoms with Gasteiger partial charge in [-0.15, -0.1) is 0 Å². The van der Waals surface area contributed by atoms with Crippen LogP contribution in [0.3, 0.4) is 0 Å². The van der Waals surface area contributed by atoms with Gasteiger partial charge in [0.15, 0.2) is 0 Å². The molecule has 6 nitrogen and oxygen atoms in total. The number of benzene rings is 1. The molecule has 1 saturated heterocycles. The van der Waals surface area contributed by atoms with Gasteiger partial charge in [0.1, 0.15) is 0 Å². The van der Waals surface area contributed by atoms with Gasteiger partial charge in [-0.3, -0.25) is 9.58 Å². The standard InChI is InChI=1S/C23H30N6/c1-17-20(13-25-28(17)4)16-29-12-8-11-19(15-29)22-21(18-9-6-5-7-10-18)14-24-23(26-22)27(2)3/h5-7,9-10,13-14,19H,8,11-12,15-16H2,1-4H3/t19-/m0/s1.